The molecule has 5 nitrogen and oxygen atoms in total. The van der Waals surface area contributed by atoms with Crippen molar-refractivity contribution in [3.8, 4) is 0 Å². The molecule has 1 aliphatic rings. The quantitative estimate of drug-likeness (QED) is 0.782. The van der Waals surface area contributed by atoms with Gasteiger partial charge in [-0.1, -0.05) is 17.7 Å². The Bertz CT molecular complexity index is 512. The number of nitrogens with zero attached hydrogens (tertiary/aromatic N) is 1. The summed E-state index contributed by atoms with van der Waals surface area (Å²) in [5.41, 5.74) is 0.231. The van der Waals surface area contributed by atoms with Gasteiger partial charge in [-0.05, 0) is 12.1 Å². The predicted octanol–water partition coefficient (Wildman–Crippen LogP) is 1.02. The smallest absolute Gasteiger partial charge is 0.323 e. The Morgan fingerprint density at radius 1 is 1.31 bits per heavy atom. The molecule has 2 rings (SSSR count). The van der Waals surface area contributed by atoms with Crippen LogP contribution in [0, 0.1) is 0 Å². The minimum atomic E-state index is -1.24. The van der Waals surface area contributed by atoms with Crippen LogP contribution in [0.5, 0.6) is 0 Å². The molecule has 0 fully saturated rings. The van der Waals surface area contributed by atoms with E-state index in [4.69, 9.17) is 16.7 Å². The fraction of sp³-hybridized carbons (Fsp3) is 0.100. The molecule has 1 heterocycles. The van der Waals surface area contributed by atoms with Crippen molar-refractivity contribution < 1.29 is 19.5 Å². The second-order valence-corrected chi connectivity index (χ2v) is 3.66. The third-order valence-electron chi connectivity index (χ3n) is 2.24. The summed E-state index contributed by atoms with van der Waals surface area (Å²) in [5, 5.41) is 8.73. The van der Waals surface area contributed by atoms with Crippen LogP contribution in [-0.2, 0) is 4.79 Å². The highest BCUT2D eigenvalue weighted by molar-refractivity contribution is 6.37. The van der Waals surface area contributed by atoms with Gasteiger partial charge in [-0.15, -0.1) is 0 Å². The minimum Gasteiger partial charge on any atom is -0.480 e. The van der Waals surface area contributed by atoms with Crippen LogP contribution in [-0.4, -0.2) is 34.3 Å². The highest BCUT2D eigenvalue weighted by Crippen LogP contribution is 2.28. The number of halogens is 1. The third-order valence-corrected chi connectivity index (χ3v) is 2.56. The number of hydrogen-bond donors (Lipinski definition) is 1. The first-order chi connectivity index (χ1) is 7.52. The molecule has 1 aromatic carbocycles. The molecule has 1 N–H and O–H groups in total. The first kappa shape index (κ1) is 10.6. The number of carbonyl (C=O) groups excluding carboxylic acids is 2. The normalized spacial score (nSPS) is 14.2. The van der Waals surface area contributed by atoms with E-state index in [1.54, 1.807) is 0 Å². The van der Waals surface area contributed by atoms with Crippen LogP contribution in [0.25, 0.3) is 0 Å². The van der Waals surface area contributed by atoms with Gasteiger partial charge in [0.1, 0.15) is 6.54 Å². The van der Waals surface area contributed by atoms with Gasteiger partial charge in [-0.25, -0.2) is 0 Å². The molecule has 0 saturated heterocycles. The van der Waals surface area contributed by atoms with E-state index >= 15 is 0 Å². The Labute approximate surface area is 95.2 Å². The van der Waals surface area contributed by atoms with Crippen LogP contribution in [0.4, 0.5) is 0 Å². The monoisotopic (exact) mass is 239 g/mol. The highest BCUT2D eigenvalue weighted by atomic mass is 35.5. The van der Waals surface area contributed by atoms with E-state index < -0.39 is 24.3 Å². The number of amides is 2. The first-order valence-corrected chi connectivity index (χ1v) is 4.76. The number of benzene rings is 1. The fourth-order valence-electron chi connectivity index (χ4n) is 1.57. The average Bonchev–Trinajstić information content (AvgIpc) is 2.44. The van der Waals surface area contributed by atoms with Gasteiger partial charge in [0.25, 0.3) is 11.8 Å². The standard InChI is InChI=1S/C10H6ClNO4/c11-6-3-1-2-5-8(6)10(16)12(9(5)15)4-7(13)14/h1-3H,4H2,(H,13,14). The average molecular weight is 240 g/mol. The SMILES string of the molecule is O=C(O)CN1C(=O)c2cccc(Cl)c2C1=O. The maximum Gasteiger partial charge on any atom is 0.323 e. The number of imide groups is 1. The number of rotatable bonds is 2. The van der Waals surface area contributed by atoms with Crippen molar-refractivity contribution in [1.82, 2.24) is 4.90 Å². The maximum absolute atomic E-state index is 11.7. The number of hydrogen-bond acceptors (Lipinski definition) is 3. The lowest BCUT2D eigenvalue weighted by Gasteiger charge is -2.09. The predicted molar refractivity (Wildman–Crippen MR) is 54.5 cm³/mol. The number of carboxylic acid groups (broad SMARTS) is 1. The van der Waals surface area contributed by atoms with Gasteiger partial charge in [0, 0.05) is 0 Å². The molecular weight excluding hydrogens is 234 g/mol. The van der Waals surface area contributed by atoms with Crippen molar-refractivity contribution >= 4 is 29.4 Å². The summed E-state index contributed by atoms with van der Waals surface area (Å²) in [6.45, 7) is -0.650. The number of carbonyl (C=O) groups is 3. The molecule has 1 aromatic rings. The Hall–Kier alpha value is -1.88. The van der Waals surface area contributed by atoms with Crippen molar-refractivity contribution in [2.75, 3.05) is 6.54 Å². The van der Waals surface area contributed by atoms with E-state index in [1.165, 1.54) is 18.2 Å². The topological polar surface area (TPSA) is 74.7 Å². The van der Waals surface area contributed by atoms with Crippen LogP contribution in [0.3, 0.4) is 0 Å². The van der Waals surface area contributed by atoms with Crippen molar-refractivity contribution in [3.63, 3.8) is 0 Å². The molecule has 0 radical (unpaired) electrons. The van der Waals surface area contributed by atoms with Crippen LogP contribution >= 0.6 is 11.6 Å². The molecule has 0 unspecified atom stereocenters. The van der Waals surface area contributed by atoms with Gasteiger partial charge in [0.2, 0.25) is 0 Å². The summed E-state index contributed by atoms with van der Waals surface area (Å²) >= 11 is 5.78. The molecule has 0 saturated carbocycles. The molecule has 0 aliphatic carbocycles. The Morgan fingerprint density at radius 2 is 2.00 bits per heavy atom. The van der Waals surface area contributed by atoms with Crippen molar-refractivity contribution in [2.45, 2.75) is 0 Å². The molecule has 2 amide bonds. The van der Waals surface area contributed by atoms with Crippen molar-refractivity contribution in [3.05, 3.63) is 34.3 Å². The second-order valence-electron chi connectivity index (χ2n) is 3.25. The molecule has 0 aromatic heterocycles. The van der Waals surface area contributed by atoms with E-state index in [1.807, 2.05) is 0 Å². The fourth-order valence-corrected chi connectivity index (χ4v) is 1.83. The summed E-state index contributed by atoms with van der Waals surface area (Å²) in [4.78, 5) is 34.6. The van der Waals surface area contributed by atoms with Gasteiger partial charge in [0.05, 0.1) is 16.1 Å². The molecule has 1 aliphatic heterocycles. The zero-order valence-corrected chi connectivity index (χ0v) is 8.69. The summed E-state index contributed by atoms with van der Waals surface area (Å²) in [7, 11) is 0. The van der Waals surface area contributed by atoms with Gasteiger partial charge in [-0.3, -0.25) is 19.3 Å². The van der Waals surface area contributed by atoms with Gasteiger partial charge < -0.3 is 5.11 Å². The van der Waals surface area contributed by atoms with Gasteiger partial charge >= 0.3 is 5.97 Å². The molecular formula is C10H6ClNO4. The number of fused-ring (bicyclic) bond motifs is 1. The molecule has 0 atom stereocenters. The molecule has 0 bridgehead atoms. The lowest BCUT2D eigenvalue weighted by atomic mass is 10.1. The third kappa shape index (κ3) is 1.45. The van der Waals surface area contributed by atoms with Crippen LogP contribution < -0.4 is 0 Å². The van der Waals surface area contributed by atoms with E-state index in [-0.39, 0.29) is 16.1 Å². The van der Waals surface area contributed by atoms with E-state index in [9.17, 15) is 14.4 Å². The van der Waals surface area contributed by atoms with Crippen LogP contribution in [0.2, 0.25) is 5.02 Å². The summed E-state index contributed by atoms with van der Waals surface area (Å²) in [5.74, 6) is -2.52. The Morgan fingerprint density at radius 3 is 2.56 bits per heavy atom. The molecule has 16 heavy (non-hydrogen) atoms. The maximum atomic E-state index is 11.7. The summed E-state index contributed by atoms with van der Waals surface area (Å²) in [6, 6.07) is 4.47. The van der Waals surface area contributed by atoms with Crippen LogP contribution in [0.1, 0.15) is 20.7 Å². The first-order valence-electron chi connectivity index (χ1n) is 4.39. The highest BCUT2D eigenvalue weighted by Gasteiger charge is 2.37. The largest absolute Gasteiger partial charge is 0.480 e. The zero-order valence-electron chi connectivity index (χ0n) is 7.94. The van der Waals surface area contributed by atoms with E-state index in [0.717, 1.165) is 0 Å². The molecule has 0 spiro atoms. The van der Waals surface area contributed by atoms with Gasteiger partial charge in [-0.2, -0.15) is 0 Å². The summed E-state index contributed by atoms with van der Waals surface area (Å²) < 4.78 is 0. The Kier molecular flexibility index (Phi) is 2.40. The van der Waals surface area contributed by atoms with E-state index in [0.29, 0.717) is 4.90 Å². The van der Waals surface area contributed by atoms with Crippen molar-refractivity contribution in [1.29, 1.82) is 0 Å². The Balaban J connectivity index is 2.48. The number of carboxylic acids is 1. The minimum absolute atomic E-state index is 0.0791. The van der Waals surface area contributed by atoms with Crippen molar-refractivity contribution in [2.24, 2.45) is 0 Å². The zero-order chi connectivity index (χ0) is 11.9. The van der Waals surface area contributed by atoms with E-state index in [2.05, 4.69) is 0 Å². The molecule has 82 valence electrons. The number of aliphatic carboxylic acids is 1. The lowest BCUT2D eigenvalue weighted by Crippen LogP contribution is -2.34. The van der Waals surface area contributed by atoms with Crippen LogP contribution in [0.15, 0.2) is 18.2 Å². The molecule has 6 heteroatoms. The van der Waals surface area contributed by atoms with Gasteiger partial charge in [0.15, 0.2) is 0 Å². The lowest BCUT2D eigenvalue weighted by molar-refractivity contribution is -0.137. The second kappa shape index (κ2) is 3.61. The summed E-state index contributed by atoms with van der Waals surface area (Å²) in [6.07, 6.45) is 0.